The van der Waals surface area contributed by atoms with Crippen molar-refractivity contribution in [1.29, 1.82) is 0 Å². The summed E-state index contributed by atoms with van der Waals surface area (Å²) in [7, 11) is 0. The summed E-state index contributed by atoms with van der Waals surface area (Å²) < 4.78 is 12.6. The van der Waals surface area contributed by atoms with Gasteiger partial charge in [0.25, 0.3) is 0 Å². The average molecular weight is 211 g/mol. The normalized spacial score (nSPS) is 9.92. The Balaban J connectivity index is 3.33. The van der Waals surface area contributed by atoms with Crippen LogP contribution in [0.5, 0.6) is 0 Å². The first kappa shape index (κ1) is 9.15. The Morgan fingerprint density at radius 1 is 1.50 bits per heavy atom. The molecule has 0 aliphatic rings. The van der Waals surface area contributed by atoms with Crippen molar-refractivity contribution in [2.45, 2.75) is 0 Å². The molecule has 64 valence electrons. The third-order valence-corrected chi connectivity index (χ3v) is 1.61. The number of nitro groups is 1. The monoisotopic (exact) mass is 210 g/mol. The summed E-state index contributed by atoms with van der Waals surface area (Å²) in [5, 5.41) is 9.25. The lowest BCUT2D eigenvalue weighted by molar-refractivity contribution is -0.385. The summed E-state index contributed by atoms with van der Waals surface area (Å²) in [5.74, 6) is -0.965. The Morgan fingerprint density at radius 2 is 2.08 bits per heavy atom. The number of nitrogens with zero attached hydrogens (tertiary/aromatic N) is 2. The molecule has 0 bridgehead atoms. The van der Waals surface area contributed by atoms with Crippen LogP contribution >= 0.6 is 23.2 Å². The molecule has 0 N–H and O–H groups in total. The fourth-order valence-corrected chi connectivity index (χ4v) is 0.954. The molecule has 1 aromatic heterocycles. The first-order valence-electron chi connectivity index (χ1n) is 2.68. The highest BCUT2D eigenvalue weighted by molar-refractivity contribution is 6.33. The summed E-state index contributed by atoms with van der Waals surface area (Å²) in [6.45, 7) is 0. The van der Waals surface area contributed by atoms with Crippen molar-refractivity contribution in [2.24, 2.45) is 0 Å². The van der Waals surface area contributed by atoms with E-state index < -0.39 is 26.7 Å². The molecule has 7 heteroatoms. The van der Waals surface area contributed by atoms with E-state index in [1.165, 1.54) is 0 Å². The predicted molar refractivity (Wildman–Crippen MR) is 40.9 cm³/mol. The van der Waals surface area contributed by atoms with Gasteiger partial charge in [-0.05, 0) is 0 Å². The summed E-state index contributed by atoms with van der Waals surface area (Å²) in [5.41, 5.74) is -0.599. The second-order valence-electron chi connectivity index (χ2n) is 1.83. The fourth-order valence-electron chi connectivity index (χ4n) is 0.564. The van der Waals surface area contributed by atoms with Crippen molar-refractivity contribution in [2.75, 3.05) is 0 Å². The lowest BCUT2D eigenvalue weighted by Gasteiger charge is -1.95. The van der Waals surface area contributed by atoms with Gasteiger partial charge in [0.2, 0.25) is 5.15 Å². The molecular formula is C5HCl2FN2O2. The molecule has 0 radical (unpaired) electrons. The van der Waals surface area contributed by atoms with Gasteiger partial charge < -0.3 is 0 Å². The molecule has 0 amide bonds. The molecule has 1 rings (SSSR count). The van der Waals surface area contributed by atoms with Crippen molar-refractivity contribution in [3.63, 3.8) is 0 Å². The third-order valence-electron chi connectivity index (χ3n) is 1.06. The maximum absolute atomic E-state index is 12.6. The standard InChI is InChI=1S/C5HCl2FN2O2/c6-4-2(8)1-3(10(11)12)5(7)9-4/h1H. The highest BCUT2D eigenvalue weighted by atomic mass is 35.5. The van der Waals surface area contributed by atoms with Crippen LogP contribution in [-0.2, 0) is 0 Å². The van der Waals surface area contributed by atoms with E-state index in [1.54, 1.807) is 0 Å². The van der Waals surface area contributed by atoms with Crippen molar-refractivity contribution in [1.82, 2.24) is 4.98 Å². The van der Waals surface area contributed by atoms with Gasteiger partial charge in [0.1, 0.15) is 0 Å². The van der Waals surface area contributed by atoms with Gasteiger partial charge in [-0.2, -0.15) is 0 Å². The van der Waals surface area contributed by atoms with E-state index in [0.29, 0.717) is 6.07 Å². The van der Waals surface area contributed by atoms with E-state index in [4.69, 9.17) is 23.2 Å². The third kappa shape index (κ3) is 1.62. The van der Waals surface area contributed by atoms with Crippen LogP contribution in [0.2, 0.25) is 10.3 Å². The van der Waals surface area contributed by atoms with Gasteiger partial charge in [0, 0.05) is 0 Å². The molecule has 1 aromatic rings. The molecule has 0 aliphatic carbocycles. The second kappa shape index (κ2) is 3.20. The lowest BCUT2D eigenvalue weighted by atomic mass is 10.4. The quantitative estimate of drug-likeness (QED) is 0.407. The molecule has 0 saturated carbocycles. The molecule has 0 aromatic carbocycles. The first-order chi connectivity index (χ1) is 5.52. The van der Waals surface area contributed by atoms with Gasteiger partial charge in [-0.1, -0.05) is 23.2 Å². The fraction of sp³-hybridized carbons (Fsp3) is 0. The summed E-state index contributed by atoms with van der Waals surface area (Å²) in [6.07, 6.45) is 0. The minimum atomic E-state index is -0.965. The highest BCUT2D eigenvalue weighted by Crippen LogP contribution is 2.25. The predicted octanol–water partition coefficient (Wildman–Crippen LogP) is 2.44. The molecule has 0 fully saturated rings. The zero-order valence-corrected chi connectivity index (χ0v) is 6.93. The molecule has 0 spiro atoms. The zero-order chi connectivity index (χ0) is 9.30. The topological polar surface area (TPSA) is 56.0 Å². The van der Waals surface area contributed by atoms with Gasteiger partial charge in [-0.15, -0.1) is 0 Å². The van der Waals surface area contributed by atoms with Crippen molar-refractivity contribution >= 4 is 28.9 Å². The maximum Gasteiger partial charge on any atom is 0.309 e. The number of aromatic nitrogens is 1. The van der Waals surface area contributed by atoms with Gasteiger partial charge in [0.05, 0.1) is 11.0 Å². The number of hydrogen-bond donors (Lipinski definition) is 0. The Morgan fingerprint density at radius 3 is 2.58 bits per heavy atom. The smallest absolute Gasteiger partial charge is 0.258 e. The lowest BCUT2D eigenvalue weighted by Crippen LogP contribution is -1.93. The van der Waals surface area contributed by atoms with E-state index in [0.717, 1.165) is 0 Å². The van der Waals surface area contributed by atoms with Crippen LogP contribution in [0.25, 0.3) is 0 Å². The first-order valence-corrected chi connectivity index (χ1v) is 3.44. The Kier molecular flexibility index (Phi) is 2.44. The summed E-state index contributed by atoms with van der Waals surface area (Å²) in [6, 6.07) is 0.623. The molecule has 12 heavy (non-hydrogen) atoms. The van der Waals surface area contributed by atoms with Gasteiger partial charge in [0.15, 0.2) is 11.0 Å². The van der Waals surface area contributed by atoms with Crippen molar-refractivity contribution < 1.29 is 9.31 Å². The van der Waals surface area contributed by atoms with E-state index >= 15 is 0 Å². The van der Waals surface area contributed by atoms with Crippen LogP contribution < -0.4 is 0 Å². The minimum Gasteiger partial charge on any atom is -0.258 e. The Hall–Kier alpha value is -0.940. The number of pyridine rings is 1. The van der Waals surface area contributed by atoms with E-state index in [2.05, 4.69) is 4.98 Å². The molecule has 4 nitrogen and oxygen atoms in total. The maximum atomic E-state index is 12.6. The van der Waals surface area contributed by atoms with Crippen LogP contribution in [-0.4, -0.2) is 9.91 Å². The van der Waals surface area contributed by atoms with E-state index in [-0.39, 0.29) is 0 Å². The highest BCUT2D eigenvalue weighted by Gasteiger charge is 2.17. The Bertz CT molecular complexity index is 344. The van der Waals surface area contributed by atoms with Crippen molar-refractivity contribution in [3.8, 4) is 0 Å². The molecular weight excluding hydrogens is 210 g/mol. The van der Waals surface area contributed by atoms with Crippen LogP contribution in [0.15, 0.2) is 6.07 Å². The molecule has 0 atom stereocenters. The van der Waals surface area contributed by atoms with Crippen LogP contribution in [0.3, 0.4) is 0 Å². The minimum absolute atomic E-state index is 0.425. The molecule has 1 heterocycles. The molecule has 0 unspecified atom stereocenters. The van der Waals surface area contributed by atoms with E-state index in [1.807, 2.05) is 0 Å². The van der Waals surface area contributed by atoms with Crippen LogP contribution in [0, 0.1) is 15.9 Å². The Labute approximate surface area is 76.1 Å². The van der Waals surface area contributed by atoms with Gasteiger partial charge in [-0.3, -0.25) is 10.1 Å². The van der Waals surface area contributed by atoms with E-state index in [9.17, 15) is 14.5 Å². The molecule has 0 aliphatic heterocycles. The van der Waals surface area contributed by atoms with Gasteiger partial charge >= 0.3 is 5.69 Å². The summed E-state index contributed by atoms with van der Waals surface area (Å²) in [4.78, 5) is 12.5. The average Bonchev–Trinajstić information content (AvgIpc) is 1.96. The zero-order valence-electron chi connectivity index (χ0n) is 5.42. The van der Waals surface area contributed by atoms with Gasteiger partial charge in [-0.25, -0.2) is 9.37 Å². The molecule has 0 saturated heterocycles. The van der Waals surface area contributed by atoms with Crippen LogP contribution in [0.4, 0.5) is 10.1 Å². The number of rotatable bonds is 1. The second-order valence-corrected chi connectivity index (χ2v) is 2.54. The van der Waals surface area contributed by atoms with Crippen molar-refractivity contribution in [3.05, 3.63) is 32.3 Å². The largest absolute Gasteiger partial charge is 0.309 e. The summed E-state index contributed by atoms with van der Waals surface area (Å²) >= 11 is 10.5. The number of halogens is 3. The van der Waals surface area contributed by atoms with Crippen LogP contribution in [0.1, 0.15) is 0 Å². The SMILES string of the molecule is O=[N+]([O-])c1cc(F)c(Cl)nc1Cl. The number of hydrogen-bond acceptors (Lipinski definition) is 3.